The fourth-order valence-corrected chi connectivity index (χ4v) is 1.93. The summed E-state index contributed by atoms with van der Waals surface area (Å²) < 4.78 is 37.5. The van der Waals surface area contributed by atoms with Gasteiger partial charge >= 0.3 is 6.18 Å². The minimum Gasteiger partial charge on any atom is -0.396 e. The van der Waals surface area contributed by atoms with E-state index in [1.807, 2.05) is 0 Å². The Morgan fingerprint density at radius 3 is 2.61 bits per heavy atom. The third-order valence-electron chi connectivity index (χ3n) is 3.48. The van der Waals surface area contributed by atoms with Gasteiger partial charge in [0, 0.05) is 6.54 Å². The van der Waals surface area contributed by atoms with Gasteiger partial charge in [-0.3, -0.25) is 0 Å². The van der Waals surface area contributed by atoms with Gasteiger partial charge in [0.1, 0.15) is 5.69 Å². The molecule has 0 radical (unpaired) electrons. The Balaban J connectivity index is 2.08. The van der Waals surface area contributed by atoms with E-state index in [2.05, 4.69) is 24.1 Å². The van der Waals surface area contributed by atoms with Crippen molar-refractivity contribution in [2.45, 2.75) is 26.4 Å². The molecule has 1 aliphatic carbocycles. The van der Waals surface area contributed by atoms with Gasteiger partial charge < -0.3 is 11.1 Å². The number of hydrogen-bond donors (Lipinski definition) is 2. The van der Waals surface area contributed by atoms with Crippen LogP contribution >= 0.6 is 0 Å². The Labute approximate surface area is 104 Å². The highest BCUT2D eigenvalue weighted by Gasteiger charge is 2.45. The number of nitrogens with zero attached hydrogens (tertiary/aromatic N) is 1. The SMILES string of the molecule is CC1(C)CC1CNc1cc(C(F)(F)F)ncc1N. The monoisotopic (exact) mass is 259 g/mol. The average Bonchev–Trinajstić information content (AvgIpc) is 2.83. The molecule has 0 bridgehead atoms. The molecule has 1 heterocycles. The fourth-order valence-electron chi connectivity index (χ4n) is 1.93. The first-order chi connectivity index (χ1) is 8.20. The standard InChI is InChI=1S/C12H16F3N3/c1-11(2)4-7(11)5-17-9-3-10(12(13,14)15)18-6-8(9)16/h3,6-7H,4-5,16H2,1-2H3,(H,17,18). The van der Waals surface area contributed by atoms with E-state index in [0.717, 1.165) is 18.7 Å². The smallest absolute Gasteiger partial charge is 0.396 e. The first-order valence-corrected chi connectivity index (χ1v) is 5.77. The van der Waals surface area contributed by atoms with E-state index in [1.54, 1.807) is 0 Å². The number of nitrogens with one attached hydrogen (secondary N) is 1. The van der Waals surface area contributed by atoms with Crippen molar-refractivity contribution in [1.29, 1.82) is 0 Å². The zero-order chi connectivity index (χ0) is 13.6. The minimum atomic E-state index is -4.44. The van der Waals surface area contributed by atoms with Crippen molar-refractivity contribution in [3.8, 4) is 0 Å². The molecule has 18 heavy (non-hydrogen) atoms. The first-order valence-electron chi connectivity index (χ1n) is 5.77. The number of anilines is 2. The van der Waals surface area contributed by atoms with Crippen molar-refractivity contribution in [3.05, 3.63) is 18.0 Å². The van der Waals surface area contributed by atoms with Crippen LogP contribution in [-0.2, 0) is 6.18 Å². The predicted octanol–water partition coefficient (Wildman–Crippen LogP) is 3.14. The van der Waals surface area contributed by atoms with Crippen LogP contribution in [0.25, 0.3) is 0 Å². The lowest BCUT2D eigenvalue weighted by molar-refractivity contribution is -0.141. The maximum Gasteiger partial charge on any atom is 0.433 e. The van der Waals surface area contributed by atoms with Crippen LogP contribution in [0, 0.1) is 11.3 Å². The van der Waals surface area contributed by atoms with Gasteiger partial charge in [-0.05, 0) is 23.8 Å². The number of halogens is 3. The molecule has 100 valence electrons. The van der Waals surface area contributed by atoms with Gasteiger partial charge in [-0.15, -0.1) is 0 Å². The zero-order valence-corrected chi connectivity index (χ0v) is 10.3. The fraction of sp³-hybridized carbons (Fsp3) is 0.583. The first kappa shape index (κ1) is 13.0. The molecular weight excluding hydrogens is 243 g/mol. The summed E-state index contributed by atoms with van der Waals surface area (Å²) in [6.07, 6.45) is -2.32. The normalized spacial score (nSPS) is 21.7. The number of nitrogen functional groups attached to an aromatic ring is 1. The van der Waals surface area contributed by atoms with Crippen LogP contribution in [0.5, 0.6) is 0 Å². The average molecular weight is 259 g/mol. The van der Waals surface area contributed by atoms with Crippen LogP contribution in [-0.4, -0.2) is 11.5 Å². The Kier molecular flexibility index (Phi) is 2.91. The van der Waals surface area contributed by atoms with Crippen molar-refractivity contribution < 1.29 is 13.2 Å². The van der Waals surface area contributed by atoms with E-state index in [1.165, 1.54) is 0 Å². The molecule has 0 aromatic carbocycles. The zero-order valence-electron chi connectivity index (χ0n) is 10.3. The number of hydrogen-bond acceptors (Lipinski definition) is 3. The molecule has 1 saturated carbocycles. The molecule has 3 nitrogen and oxygen atoms in total. The molecule has 6 heteroatoms. The molecule has 0 amide bonds. The maximum absolute atomic E-state index is 12.5. The molecule has 1 aliphatic rings. The van der Waals surface area contributed by atoms with E-state index in [0.29, 0.717) is 18.2 Å². The second kappa shape index (κ2) is 4.03. The summed E-state index contributed by atoms with van der Waals surface area (Å²) in [7, 11) is 0. The van der Waals surface area contributed by atoms with Crippen molar-refractivity contribution in [1.82, 2.24) is 4.98 Å². The van der Waals surface area contributed by atoms with Crippen molar-refractivity contribution in [2.75, 3.05) is 17.6 Å². The molecule has 0 spiro atoms. The predicted molar refractivity (Wildman–Crippen MR) is 64.0 cm³/mol. The van der Waals surface area contributed by atoms with Gasteiger partial charge in [0.05, 0.1) is 17.6 Å². The second-order valence-electron chi connectivity index (χ2n) is 5.43. The van der Waals surface area contributed by atoms with Crippen LogP contribution in [0.1, 0.15) is 26.0 Å². The number of rotatable bonds is 3. The Morgan fingerprint density at radius 2 is 2.11 bits per heavy atom. The highest BCUT2D eigenvalue weighted by molar-refractivity contribution is 5.65. The molecule has 3 N–H and O–H groups in total. The van der Waals surface area contributed by atoms with Crippen LogP contribution < -0.4 is 11.1 Å². The lowest BCUT2D eigenvalue weighted by Gasteiger charge is -2.12. The van der Waals surface area contributed by atoms with Gasteiger partial charge in [0.2, 0.25) is 0 Å². The van der Waals surface area contributed by atoms with Crippen LogP contribution in [0.15, 0.2) is 12.3 Å². The number of aromatic nitrogens is 1. The molecule has 0 aliphatic heterocycles. The molecule has 1 unspecified atom stereocenters. The summed E-state index contributed by atoms with van der Waals surface area (Å²) in [4.78, 5) is 3.29. The van der Waals surface area contributed by atoms with E-state index in [9.17, 15) is 13.2 Å². The summed E-state index contributed by atoms with van der Waals surface area (Å²) >= 11 is 0. The molecule has 1 aromatic heterocycles. The number of alkyl halides is 3. The topological polar surface area (TPSA) is 50.9 Å². The summed E-state index contributed by atoms with van der Waals surface area (Å²) in [5.41, 5.74) is 5.52. The number of nitrogens with two attached hydrogens (primary N) is 1. The van der Waals surface area contributed by atoms with Gasteiger partial charge in [-0.2, -0.15) is 13.2 Å². The summed E-state index contributed by atoms with van der Waals surface area (Å²) in [6.45, 7) is 4.91. The van der Waals surface area contributed by atoms with Crippen LogP contribution in [0.3, 0.4) is 0 Å². The van der Waals surface area contributed by atoms with Crippen molar-refractivity contribution in [3.63, 3.8) is 0 Å². The van der Waals surface area contributed by atoms with Gasteiger partial charge in [0.25, 0.3) is 0 Å². The van der Waals surface area contributed by atoms with Gasteiger partial charge in [-0.1, -0.05) is 13.8 Å². The number of pyridine rings is 1. The third-order valence-corrected chi connectivity index (χ3v) is 3.48. The molecule has 2 rings (SSSR count). The quantitative estimate of drug-likeness (QED) is 0.876. The molecule has 1 aromatic rings. The van der Waals surface area contributed by atoms with E-state index in [4.69, 9.17) is 5.73 Å². The maximum atomic E-state index is 12.5. The van der Waals surface area contributed by atoms with Crippen LogP contribution in [0.2, 0.25) is 0 Å². The third kappa shape index (κ3) is 2.68. The van der Waals surface area contributed by atoms with Crippen molar-refractivity contribution in [2.24, 2.45) is 11.3 Å². The molecular formula is C12H16F3N3. The summed E-state index contributed by atoms with van der Waals surface area (Å²) in [6, 6.07) is 0.963. The molecule has 1 fully saturated rings. The largest absolute Gasteiger partial charge is 0.433 e. The van der Waals surface area contributed by atoms with E-state index >= 15 is 0 Å². The van der Waals surface area contributed by atoms with Gasteiger partial charge in [0.15, 0.2) is 0 Å². The van der Waals surface area contributed by atoms with Crippen LogP contribution in [0.4, 0.5) is 24.5 Å². The lowest BCUT2D eigenvalue weighted by atomic mass is 10.1. The molecule has 0 saturated heterocycles. The van der Waals surface area contributed by atoms with E-state index in [-0.39, 0.29) is 11.1 Å². The Morgan fingerprint density at radius 1 is 1.50 bits per heavy atom. The summed E-state index contributed by atoms with van der Waals surface area (Å²) in [5.74, 6) is 0.486. The highest BCUT2D eigenvalue weighted by atomic mass is 19.4. The second-order valence-corrected chi connectivity index (χ2v) is 5.43. The Hall–Kier alpha value is -1.46. The Bertz CT molecular complexity index is 454. The summed E-state index contributed by atoms with van der Waals surface area (Å²) in [5, 5.41) is 2.98. The van der Waals surface area contributed by atoms with Crippen molar-refractivity contribution >= 4 is 11.4 Å². The van der Waals surface area contributed by atoms with E-state index < -0.39 is 11.9 Å². The molecule has 1 atom stereocenters. The minimum absolute atomic E-state index is 0.237. The van der Waals surface area contributed by atoms with Gasteiger partial charge in [-0.25, -0.2) is 4.98 Å². The lowest BCUT2D eigenvalue weighted by Crippen LogP contribution is -2.13. The highest BCUT2D eigenvalue weighted by Crippen LogP contribution is 2.51.